The Morgan fingerprint density at radius 3 is 3.16 bits per heavy atom. The van der Waals surface area contributed by atoms with Crippen molar-refractivity contribution in [2.45, 2.75) is 19.4 Å². The Bertz CT molecular complexity index is 415. The zero-order valence-electron chi connectivity index (χ0n) is 11.7. The van der Waals surface area contributed by atoms with Gasteiger partial charge in [-0.1, -0.05) is 0 Å². The second-order valence-corrected chi connectivity index (χ2v) is 5.19. The number of piperidine rings is 1. The molecule has 1 fully saturated rings. The number of carbonyl (C=O) groups excluding carboxylic acids is 1. The minimum Gasteiger partial charge on any atom is -0.464 e. The van der Waals surface area contributed by atoms with Crippen molar-refractivity contribution in [2.75, 3.05) is 33.8 Å². The second kappa shape index (κ2) is 6.73. The van der Waals surface area contributed by atoms with Gasteiger partial charge in [0.05, 0.1) is 7.11 Å². The highest BCUT2D eigenvalue weighted by Crippen LogP contribution is 2.18. The largest absolute Gasteiger partial charge is 0.464 e. The summed E-state index contributed by atoms with van der Waals surface area (Å²) >= 11 is 0. The molecule has 106 valence electrons. The van der Waals surface area contributed by atoms with Crippen molar-refractivity contribution in [1.82, 2.24) is 15.2 Å². The lowest BCUT2D eigenvalue weighted by Crippen LogP contribution is -2.38. The van der Waals surface area contributed by atoms with Crippen molar-refractivity contribution in [3.8, 4) is 0 Å². The van der Waals surface area contributed by atoms with Crippen LogP contribution in [0.5, 0.6) is 0 Å². The Morgan fingerprint density at radius 1 is 1.58 bits per heavy atom. The number of aromatic amines is 1. The maximum Gasteiger partial charge on any atom is 0.354 e. The van der Waals surface area contributed by atoms with Crippen molar-refractivity contribution in [3.63, 3.8) is 0 Å². The smallest absolute Gasteiger partial charge is 0.354 e. The summed E-state index contributed by atoms with van der Waals surface area (Å²) in [6.45, 7) is 4.20. The molecule has 2 rings (SSSR count). The van der Waals surface area contributed by atoms with Gasteiger partial charge in [0.2, 0.25) is 0 Å². The molecule has 0 aromatic carbocycles. The maximum absolute atomic E-state index is 11.4. The van der Waals surface area contributed by atoms with Crippen molar-refractivity contribution in [2.24, 2.45) is 5.92 Å². The third-order valence-corrected chi connectivity index (χ3v) is 3.64. The molecule has 1 atom stereocenters. The van der Waals surface area contributed by atoms with E-state index in [9.17, 15) is 4.79 Å². The highest BCUT2D eigenvalue weighted by atomic mass is 16.5. The van der Waals surface area contributed by atoms with Crippen molar-refractivity contribution in [3.05, 3.63) is 23.5 Å². The third-order valence-electron chi connectivity index (χ3n) is 3.64. The highest BCUT2D eigenvalue weighted by Gasteiger charge is 2.20. The number of esters is 1. The van der Waals surface area contributed by atoms with E-state index in [1.165, 1.54) is 20.0 Å². The van der Waals surface area contributed by atoms with Crippen LogP contribution in [-0.2, 0) is 11.3 Å². The van der Waals surface area contributed by atoms with Crippen LogP contribution in [0.4, 0.5) is 0 Å². The Kier molecular flexibility index (Phi) is 4.99. The van der Waals surface area contributed by atoms with E-state index in [-0.39, 0.29) is 5.97 Å². The topological polar surface area (TPSA) is 57.4 Å². The van der Waals surface area contributed by atoms with Gasteiger partial charge in [0.25, 0.3) is 0 Å². The molecule has 0 amide bonds. The SMILES string of the molecule is CNCC1CCCN(Cc2ccc(C(=O)OC)[nH]2)C1. The van der Waals surface area contributed by atoms with Gasteiger partial charge in [0.15, 0.2) is 0 Å². The predicted octanol–water partition coefficient (Wildman–Crippen LogP) is 1.23. The van der Waals surface area contributed by atoms with Crippen LogP contribution >= 0.6 is 0 Å². The Labute approximate surface area is 114 Å². The molecule has 2 N–H and O–H groups in total. The van der Waals surface area contributed by atoms with Crippen LogP contribution in [0.3, 0.4) is 0 Å². The Balaban J connectivity index is 1.89. The summed E-state index contributed by atoms with van der Waals surface area (Å²) in [4.78, 5) is 16.9. The van der Waals surface area contributed by atoms with Gasteiger partial charge in [-0.3, -0.25) is 4.90 Å². The lowest BCUT2D eigenvalue weighted by molar-refractivity contribution is 0.0594. The van der Waals surface area contributed by atoms with Gasteiger partial charge >= 0.3 is 5.97 Å². The number of nitrogens with one attached hydrogen (secondary N) is 2. The first kappa shape index (κ1) is 14.1. The van der Waals surface area contributed by atoms with Crippen LogP contribution < -0.4 is 5.32 Å². The molecule has 1 aliphatic rings. The summed E-state index contributed by atoms with van der Waals surface area (Å²) in [6, 6.07) is 3.75. The number of hydrogen-bond donors (Lipinski definition) is 2. The zero-order chi connectivity index (χ0) is 13.7. The maximum atomic E-state index is 11.4. The van der Waals surface area contributed by atoms with Crippen LogP contribution in [0.15, 0.2) is 12.1 Å². The van der Waals surface area contributed by atoms with Gasteiger partial charge in [0.1, 0.15) is 5.69 Å². The number of hydrogen-bond acceptors (Lipinski definition) is 4. The third kappa shape index (κ3) is 3.81. The van der Waals surface area contributed by atoms with E-state index in [1.807, 2.05) is 13.1 Å². The normalized spacial score (nSPS) is 20.4. The van der Waals surface area contributed by atoms with E-state index in [0.29, 0.717) is 5.69 Å². The fraction of sp³-hybridized carbons (Fsp3) is 0.643. The average Bonchev–Trinajstić information content (AvgIpc) is 2.87. The fourth-order valence-electron chi connectivity index (χ4n) is 2.75. The van der Waals surface area contributed by atoms with Gasteiger partial charge in [0, 0.05) is 18.8 Å². The zero-order valence-corrected chi connectivity index (χ0v) is 11.7. The van der Waals surface area contributed by atoms with Crippen LogP contribution in [0.1, 0.15) is 29.0 Å². The van der Waals surface area contributed by atoms with Gasteiger partial charge < -0.3 is 15.0 Å². The van der Waals surface area contributed by atoms with Crippen LogP contribution in [0.2, 0.25) is 0 Å². The van der Waals surface area contributed by atoms with E-state index < -0.39 is 0 Å². The number of ether oxygens (including phenoxy) is 1. The van der Waals surface area contributed by atoms with E-state index in [1.54, 1.807) is 6.07 Å². The van der Waals surface area contributed by atoms with Crippen molar-refractivity contribution >= 4 is 5.97 Å². The van der Waals surface area contributed by atoms with E-state index in [0.717, 1.165) is 37.8 Å². The quantitative estimate of drug-likeness (QED) is 0.786. The lowest BCUT2D eigenvalue weighted by Gasteiger charge is -2.32. The molecule has 1 saturated heterocycles. The first-order valence-electron chi connectivity index (χ1n) is 6.86. The molecule has 2 heterocycles. The fourth-order valence-corrected chi connectivity index (χ4v) is 2.75. The number of aromatic nitrogens is 1. The predicted molar refractivity (Wildman–Crippen MR) is 74.1 cm³/mol. The molecule has 0 bridgehead atoms. The number of carbonyl (C=O) groups is 1. The van der Waals surface area contributed by atoms with Gasteiger partial charge in [-0.15, -0.1) is 0 Å². The highest BCUT2D eigenvalue weighted by molar-refractivity contribution is 5.87. The minimum atomic E-state index is -0.307. The molecule has 5 nitrogen and oxygen atoms in total. The Morgan fingerprint density at radius 2 is 2.42 bits per heavy atom. The van der Waals surface area contributed by atoms with Gasteiger partial charge in [-0.2, -0.15) is 0 Å². The summed E-state index contributed by atoms with van der Waals surface area (Å²) in [5.74, 6) is 0.423. The molecular weight excluding hydrogens is 242 g/mol. The van der Waals surface area contributed by atoms with E-state index in [4.69, 9.17) is 4.74 Å². The first-order valence-corrected chi connectivity index (χ1v) is 6.86. The van der Waals surface area contributed by atoms with E-state index >= 15 is 0 Å². The van der Waals surface area contributed by atoms with Crippen molar-refractivity contribution < 1.29 is 9.53 Å². The summed E-state index contributed by atoms with van der Waals surface area (Å²) < 4.78 is 4.70. The van der Waals surface area contributed by atoms with E-state index in [2.05, 4.69) is 15.2 Å². The molecule has 1 aromatic rings. The monoisotopic (exact) mass is 265 g/mol. The summed E-state index contributed by atoms with van der Waals surface area (Å²) in [5.41, 5.74) is 1.60. The molecular formula is C14H23N3O2. The number of H-pyrrole nitrogens is 1. The summed E-state index contributed by atoms with van der Waals surface area (Å²) in [6.07, 6.45) is 2.55. The lowest BCUT2D eigenvalue weighted by atomic mass is 9.98. The van der Waals surface area contributed by atoms with Crippen LogP contribution in [0, 0.1) is 5.92 Å². The second-order valence-electron chi connectivity index (χ2n) is 5.19. The van der Waals surface area contributed by atoms with Crippen LogP contribution in [-0.4, -0.2) is 49.6 Å². The molecule has 1 aliphatic heterocycles. The van der Waals surface area contributed by atoms with Crippen LogP contribution in [0.25, 0.3) is 0 Å². The minimum absolute atomic E-state index is 0.307. The molecule has 5 heteroatoms. The molecule has 1 aromatic heterocycles. The molecule has 0 spiro atoms. The van der Waals surface area contributed by atoms with Gasteiger partial charge in [-0.25, -0.2) is 4.79 Å². The number of rotatable bonds is 5. The molecule has 0 saturated carbocycles. The molecule has 0 aliphatic carbocycles. The standard InChI is InChI=1S/C14H23N3O2/c1-15-8-11-4-3-7-17(9-11)10-12-5-6-13(16-12)14(18)19-2/h5-6,11,15-16H,3-4,7-10H2,1-2H3. The van der Waals surface area contributed by atoms with Crippen molar-refractivity contribution in [1.29, 1.82) is 0 Å². The number of methoxy groups -OCH3 is 1. The van der Waals surface area contributed by atoms with Gasteiger partial charge in [-0.05, 0) is 51.0 Å². The molecule has 1 unspecified atom stereocenters. The molecule has 19 heavy (non-hydrogen) atoms. The summed E-state index contributed by atoms with van der Waals surface area (Å²) in [7, 11) is 3.41. The number of nitrogens with zero attached hydrogens (tertiary/aromatic N) is 1. The first-order chi connectivity index (χ1) is 9.22. The Hall–Kier alpha value is -1.33. The number of likely N-dealkylation sites (tertiary alicyclic amines) is 1. The average molecular weight is 265 g/mol. The summed E-state index contributed by atoms with van der Waals surface area (Å²) in [5, 5.41) is 3.25. The molecule has 0 radical (unpaired) electrons.